The van der Waals surface area contributed by atoms with E-state index >= 15 is 0 Å². The molecule has 1 atom stereocenters. The normalized spacial score (nSPS) is 25.1. The lowest BCUT2D eigenvalue weighted by atomic mass is 10.1. The summed E-state index contributed by atoms with van der Waals surface area (Å²) in [6, 6.07) is 0.161. The molecular formula is C10H21NO3S. The third kappa shape index (κ3) is 4.95. The molecule has 0 bridgehead atoms. The maximum atomic E-state index is 11.1. The van der Waals surface area contributed by atoms with Crippen molar-refractivity contribution in [3.8, 4) is 0 Å². The second-order valence-corrected chi connectivity index (χ2v) is 6.61. The predicted octanol–water partition coefficient (Wildman–Crippen LogP) is 0.268. The number of aliphatic hydroxyl groups is 1. The van der Waals surface area contributed by atoms with Crippen molar-refractivity contribution in [1.82, 2.24) is 4.90 Å². The molecule has 0 spiro atoms. The van der Waals surface area contributed by atoms with Gasteiger partial charge in [0.1, 0.15) is 9.84 Å². The van der Waals surface area contributed by atoms with Crippen molar-refractivity contribution >= 4 is 9.84 Å². The lowest BCUT2D eigenvalue weighted by Crippen LogP contribution is -2.40. The molecule has 1 saturated heterocycles. The molecule has 1 fully saturated rings. The quantitative estimate of drug-likeness (QED) is 0.760. The molecule has 1 N–H and O–H groups in total. The van der Waals surface area contributed by atoms with E-state index in [2.05, 4.69) is 4.90 Å². The molecule has 0 radical (unpaired) electrons. The van der Waals surface area contributed by atoms with E-state index in [1.165, 1.54) is 12.7 Å². The van der Waals surface area contributed by atoms with Gasteiger partial charge in [-0.1, -0.05) is 12.8 Å². The van der Waals surface area contributed by atoms with E-state index in [0.29, 0.717) is 6.54 Å². The second kappa shape index (κ2) is 5.82. The molecule has 1 aliphatic rings. The maximum absolute atomic E-state index is 11.1. The molecule has 90 valence electrons. The van der Waals surface area contributed by atoms with Crippen LogP contribution in [-0.2, 0) is 9.84 Å². The molecule has 4 nitrogen and oxygen atoms in total. The molecule has 1 aliphatic heterocycles. The van der Waals surface area contributed by atoms with Crippen molar-refractivity contribution in [3.05, 3.63) is 0 Å². The van der Waals surface area contributed by atoms with E-state index in [4.69, 9.17) is 0 Å². The number of aliphatic hydroxyl groups excluding tert-OH is 1. The fourth-order valence-corrected chi connectivity index (χ4v) is 2.59. The van der Waals surface area contributed by atoms with Crippen molar-refractivity contribution < 1.29 is 13.5 Å². The van der Waals surface area contributed by atoms with Crippen LogP contribution in [0.5, 0.6) is 0 Å². The van der Waals surface area contributed by atoms with Gasteiger partial charge >= 0.3 is 0 Å². The summed E-state index contributed by atoms with van der Waals surface area (Å²) >= 11 is 0. The summed E-state index contributed by atoms with van der Waals surface area (Å²) in [6.45, 7) is 1.62. The van der Waals surface area contributed by atoms with Gasteiger partial charge in [0.2, 0.25) is 0 Å². The Balaban J connectivity index is 2.48. The molecule has 0 aromatic rings. The fourth-order valence-electron chi connectivity index (χ4n) is 2.02. The van der Waals surface area contributed by atoms with Crippen LogP contribution >= 0.6 is 0 Å². The fraction of sp³-hybridized carbons (Fsp3) is 1.00. The van der Waals surface area contributed by atoms with Crippen LogP contribution in [0.1, 0.15) is 25.7 Å². The maximum Gasteiger partial charge on any atom is 0.148 e. The number of hydrogen-bond donors (Lipinski definition) is 1. The molecule has 5 heteroatoms. The minimum atomic E-state index is -2.89. The van der Waals surface area contributed by atoms with Gasteiger partial charge in [0.05, 0.1) is 12.4 Å². The van der Waals surface area contributed by atoms with Gasteiger partial charge in [-0.2, -0.15) is 0 Å². The molecule has 1 heterocycles. The molecule has 0 saturated carbocycles. The summed E-state index contributed by atoms with van der Waals surface area (Å²) in [5, 5.41) is 9.22. The van der Waals surface area contributed by atoms with Crippen LogP contribution in [0.3, 0.4) is 0 Å². The van der Waals surface area contributed by atoms with Gasteiger partial charge in [0.15, 0.2) is 0 Å². The van der Waals surface area contributed by atoms with Crippen molar-refractivity contribution in [2.45, 2.75) is 31.7 Å². The van der Waals surface area contributed by atoms with Crippen LogP contribution in [-0.4, -0.2) is 56.2 Å². The second-order valence-electron chi connectivity index (χ2n) is 4.35. The Kier molecular flexibility index (Phi) is 5.02. The Morgan fingerprint density at radius 2 is 2.07 bits per heavy atom. The zero-order chi connectivity index (χ0) is 11.3. The Labute approximate surface area is 92.2 Å². The summed E-state index contributed by atoms with van der Waals surface area (Å²) in [5.74, 6) is 0.198. The van der Waals surface area contributed by atoms with Gasteiger partial charge in [-0.05, 0) is 19.4 Å². The first kappa shape index (κ1) is 12.9. The topological polar surface area (TPSA) is 57.6 Å². The van der Waals surface area contributed by atoms with Crippen LogP contribution in [0, 0.1) is 0 Å². The average molecular weight is 235 g/mol. The predicted molar refractivity (Wildman–Crippen MR) is 60.6 cm³/mol. The largest absolute Gasteiger partial charge is 0.395 e. The van der Waals surface area contributed by atoms with Crippen molar-refractivity contribution in [1.29, 1.82) is 0 Å². The Morgan fingerprint density at radius 3 is 2.67 bits per heavy atom. The molecule has 0 aliphatic carbocycles. The molecule has 0 aromatic carbocycles. The molecule has 1 rings (SSSR count). The highest BCUT2D eigenvalue weighted by molar-refractivity contribution is 7.90. The summed E-state index contributed by atoms with van der Waals surface area (Å²) < 4.78 is 22.1. The number of rotatable bonds is 4. The van der Waals surface area contributed by atoms with Crippen molar-refractivity contribution in [2.75, 3.05) is 31.7 Å². The Morgan fingerprint density at radius 1 is 1.33 bits per heavy atom. The zero-order valence-electron chi connectivity index (χ0n) is 9.35. The van der Waals surface area contributed by atoms with Crippen LogP contribution in [0.15, 0.2) is 0 Å². The molecule has 0 aromatic heterocycles. The van der Waals surface area contributed by atoms with E-state index in [1.54, 1.807) is 0 Å². The third-order valence-corrected chi connectivity index (χ3v) is 3.88. The number of hydrogen-bond acceptors (Lipinski definition) is 4. The van der Waals surface area contributed by atoms with Crippen LogP contribution in [0.2, 0.25) is 0 Å². The number of sulfone groups is 1. The van der Waals surface area contributed by atoms with Gasteiger partial charge < -0.3 is 5.11 Å². The monoisotopic (exact) mass is 235 g/mol. The average Bonchev–Trinajstić information content (AvgIpc) is 2.37. The molecule has 1 unspecified atom stereocenters. The minimum Gasteiger partial charge on any atom is -0.395 e. The summed E-state index contributed by atoms with van der Waals surface area (Å²) in [6.07, 6.45) is 5.69. The Hall–Kier alpha value is -0.130. The van der Waals surface area contributed by atoms with E-state index < -0.39 is 9.84 Å². The Bertz CT molecular complexity index is 276. The molecular weight excluding hydrogens is 214 g/mol. The first-order chi connectivity index (χ1) is 7.03. The standard InChI is InChI=1S/C10H21NO3S/c1-15(13,14)8-7-11-6-4-2-3-5-10(11)9-12/h10,12H,2-9H2,1H3. The van der Waals surface area contributed by atoms with Gasteiger partial charge in [-0.15, -0.1) is 0 Å². The highest BCUT2D eigenvalue weighted by Crippen LogP contribution is 2.16. The first-order valence-electron chi connectivity index (χ1n) is 5.55. The van der Waals surface area contributed by atoms with E-state index in [1.807, 2.05) is 0 Å². The van der Waals surface area contributed by atoms with Gasteiger partial charge in [0.25, 0.3) is 0 Å². The lowest BCUT2D eigenvalue weighted by Gasteiger charge is -2.27. The van der Waals surface area contributed by atoms with Gasteiger partial charge in [-0.25, -0.2) is 8.42 Å². The first-order valence-corrected chi connectivity index (χ1v) is 7.61. The summed E-state index contributed by atoms with van der Waals surface area (Å²) in [4.78, 5) is 2.12. The van der Waals surface area contributed by atoms with E-state index in [9.17, 15) is 13.5 Å². The van der Waals surface area contributed by atoms with Crippen molar-refractivity contribution in [3.63, 3.8) is 0 Å². The summed E-state index contributed by atoms with van der Waals surface area (Å²) in [7, 11) is -2.89. The third-order valence-electron chi connectivity index (χ3n) is 2.96. The van der Waals surface area contributed by atoms with Crippen molar-refractivity contribution in [2.24, 2.45) is 0 Å². The smallest absolute Gasteiger partial charge is 0.148 e. The minimum absolute atomic E-state index is 0.143. The van der Waals surface area contributed by atoms with E-state index in [-0.39, 0.29) is 18.4 Å². The number of likely N-dealkylation sites (tertiary alicyclic amines) is 1. The van der Waals surface area contributed by atoms with Gasteiger partial charge in [0, 0.05) is 18.8 Å². The number of nitrogens with zero attached hydrogens (tertiary/aromatic N) is 1. The van der Waals surface area contributed by atoms with Crippen LogP contribution in [0.4, 0.5) is 0 Å². The molecule has 0 amide bonds. The zero-order valence-corrected chi connectivity index (χ0v) is 10.2. The molecule has 15 heavy (non-hydrogen) atoms. The van der Waals surface area contributed by atoms with Crippen LogP contribution < -0.4 is 0 Å². The SMILES string of the molecule is CS(=O)(=O)CCN1CCCCCC1CO. The highest BCUT2D eigenvalue weighted by atomic mass is 32.2. The van der Waals surface area contributed by atoms with E-state index in [0.717, 1.165) is 25.8 Å². The lowest BCUT2D eigenvalue weighted by molar-refractivity contribution is 0.130. The van der Waals surface area contributed by atoms with Crippen LogP contribution in [0.25, 0.3) is 0 Å². The highest BCUT2D eigenvalue weighted by Gasteiger charge is 2.20. The van der Waals surface area contributed by atoms with Gasteiger partial charge in [-0.3, -0.25) is 4.90 Å². The summed E-state index contributed by atoms with van der Waals surface area (Å²) in [5.41, 5.74) is 0.